The Morgan fingerprint density at radius 2 is 2.14 bits per heavy atom. The van der Waals surface area contributed by atoms with E-state index in [1.165, 1.54) is 11.2 Å². The molecular weight excluding hydrogens is 312 g/mol. The zero-order chi connectivity index (χ0) is 15.6. The molecule has 2 amide bonds. The highest BCUT2D eigenvalue weighted by atomic mass is 32.2. The number of rotatable bonds is 3. The van der Waals surface area contributed by atoms with Crippen LogP contribution < -0.4 is 5.32 Å². The molecule has 1 aliphatic heterocycles. The molecule has 1 saturated heterocycles. The van der Waals surface area contributed by atoms with Crippen LogP contribution in [0, 0.1) is 0 Å². The van der Waals surface area contributed by atoms with Gasteiger partial charge in [0.25, 0.3) is 5.89 Å². The van der Waals surface area contributed by atoms with Crippen LogP contribution in [-0.4, -0.2) is 54.1 Å². The molecule has 10 heteroatoms. The monoisotopic (exact) mass is 326 g/mol. The van der Waals surface area contributed by atoms with Crippen LogP contribution >= 0.6 is 0 Å². The van der Waals surface area contributed by atoms with E-state index < -0.39 is 9.84 Å². The van der Waals surface area contributed by atoms with E-state index in [-0.39, 0.29) is 43.1 Å². The van der Waals surface area contributed by atoms with Gasteiger partial charge in [-0.15, -0.1) is 0 Å². The number of sulfone groups is 1. The Kier molecular flexibility index (Phi) is 3.84. The van der Waals surface area contributed by atoms with Gasteiger partial charge in [0.2, 0.25) is 0 Å². The zero-order valence-electron chi connectivity index (χ0n) is 11.6. The summed E-state index contributed by atoms with van der Waals surface area (Å²) in [7, 11) is -3.01. The lowest BCUT2D eigenvalue weighted by Crippen LogP contribution is -2.48. The first-order valence-corrected chi connectivity index (χ1v) is 8.45. The summed E-state index contributed by atoms with van der Waals surface area (Å²) in [6.45, 7) is 0.475. The number of amides is 2. The molecule has 0 bridgehead atoms. The molecule has 118 valence electrons. The third kappa shape index (κ3) is 3.27. The molecule has 0 unspecified atom stereocenters. The van der Waals surface area contributed by atoms with E-state index in [9.17, 15) is 13.2 Å². The molecule has 22 heavy (non-hydrogen) atoms. The number of carbonyl (C=O) groups excluding carboxylic acids is 1. The van der Waals surface area contributed by atoms with E-state index in [0.29, 0.717) is 11.6 Å². The standard InChI is InChI=1S/C12H14N4O5S/c17-12(16-3-6-22(18,19)7-4-16)13-8-10-14-11(21-15-10)9-2-1-5-20-9/h1-2,5H,3-4,6-8H2,(H,13,17). The minimum absolute atomic E-state index is 0.00866. The number of furan rings is 1. The van der Waals surface area contributed by atoms with Crippen LogP contribution in [0.2, 0.25) is 0 Å². The highest BCUT2D eigenvalue weighted by molar-refractivity contribution is 7.91. The van der Waals surface area contributed by atoms with E-state index in [1.807, 2.05) is 0 Å². The molecule has 0 aliphatic carbocycles. The Balaban J connectivity index is 1.53. The first-order valence-electron chi connectivity index (χ1n) is 6.63. The maximum absolute atomic E-state index is 11.9. The molecule has 2 aromatic rings. The molecule has 3 heterocycles. The predicted molar refractivity (Wildman–Crippen MR) is 74.5 cm³/mol. The second-order valence-electron chi connectivity index (χ2n) is 4.79. The topological polar surface area (TPSA) is 119 Å². The lowest BCUT2D eigenvalue weighted by atomic mass is 10.4. The molecule has 1 fully saturated rings. The van der Waals surface area contributed by atoms with Crippen molar-refractivity contribution in [2.75, 3.05) is 24.6 Å². The quantitative estimate of drug-likeness (QED) is 0.859. The van der Waals surface area contributed by atoms with Crippen molar-refractivity contribution < 1.29 is 22.2 Å². The van der Waals surface area contributed by atoms with Gasteiger partial charge >= 0.3 is 6.03 Å². The SMILES string of the molecule is O=C(NCc1noc(-c2ccco2)n1)N1CCS(=O)(=O)CC1. The van der Waals surface area contributed by atoms with E-state index in [4.69, 9.17) is 8.94 Å². The third-order valence-corrected chi connectivity index (χ3v) is 4.84. The van der Waals surface area contributed by atoms with Crippen LogP contribution in [0.25, 0.3) is 11.7 Å². The number of nitrogens with zero attached hydrogens (tertiary/aromatic N) is 3. The van der Waals surface area contributed by atoms with Gasteiger partial charge in [-0.1, -0.05) is 5.16 Å². The Labute approximate surface area is 126 Å². The Morgan fingerprint density at radius 3 is 2.82 bits per heavy atom. The minimum Gasteiger partial charge on any atom is -0.459 e. The average molecular weight is 326 g/mol. The van der Waals surface area contributed by atoms with Gasteiger partial charge in [-0.3, -0.25) is 0 Å². The summed E-state index contributed by atoms with van der Waals surface area (Å²) < 4.78 is 32.8. The molecule has 0 atom stereocenters. The van der Waals surface area contributed by atoms with Gasteiger partial charge < -0.3 is 19.2 Å². The number of urea groups is 1. The predicted octanol–water partition coefficient (Wildman–Crippen LogP) is 0.270. The smallest absolute Gasteiger partial charge is 0.317 e. The fourth-order valence-electron chi connectivity index (χ4n) is 2.01. The normalized spacial score (nSPS) is 17.4. The van der Waals surface area contributed by atoms with Crippen LogP contribution in [-0.2, 0) is 16.4 Å². The van der Waals surface area contributed by atoms with Gasteiger partial charge in [0.15, 0.2) is 21.4 Å². The maximum atomic E-state index is 11.9. The molecule has 0 aromatic carbocycles. The Hall–Kier alpha value is -2.36. The molecule has 3 rings (SSSR count). The summed E-state index contributed by atoms with van der Waals surface area (Å²) in [5.41, 5.74) is 0. The summed E-state index contributed by atoms with van der Waals surface area (Å²) in [4.78, 5) is 17.5. The summed E-state index contributed by atoms with van der Waals surface area (Å²) in [5, 5.41) is 6.37. The number of hydrogen-bond acceptors (Lipinski definition) is 7. The maximum Gasteiger partial charge on any atom is 0.317 e. The second-order valence-corrected chi connectivity index (χ2v) is 7.09. The van der Waals surface area contributed by atoms with Crippen molar-refractivity contribution in [1.82, 2.24) is 20.4 Å². The van der Waals surface area contributed by atoms with E-state index in [0.717, 1.165) is 0 Å². The largest absolute Gasteiger partial charge is 0.459 e. The molecule has 0 radical (unpaired) electrons. The van der Waals surface area contributed by atoms with Gasteiger partial charge in [0, 0.05) is 13.1 Å². The fourth-order valence-corrected chi connectivity index (χ4v) is 3.21. The molecule has 1 aliphatic rings. The van der Waals surface area contributed by atoms with Gasteiger partial charge in [-0.2, -0.15) is 4.98 Å². The zero-order valence-corrected chi connectivity index (χ0v) is 12.4. The van der Waals surface area contributed by atoms with Gasteiger partial charge in [0.1, 0.15) is 0 Å². The first kappa shape index (κ1) is 14.6. The molecule has 9 nitrogen and oxygen atoms in total. The van der Waals surface area contributed by atoms with Gasteiger partial charge in [0.05, 0.1) is 24.3 Å². The second kappa shape index (κ2) is 5.79. The summed E-state index contributed by atoms with van der Waals surface area (Å²) in [6, 6.07) is 3.04. The van der Waals surface area contributed by atoms with Crippen molar-refractivity contribution in [3.8, 4) is 11.7 Å². The molecular formula is C12H14N4O5S. The Morgan fingerprint density at radius 1 is 1.36 bits per heavy atom. The van der Waals surface area contributed by atoms with Crippen LogP contribution in [0.15, 0.2) is 27.3 Å². The lowest BCUT2D eigenvalue weighted by Gasteiger charge is -2.26. The van der Waals surface area contributed by atoms with Crippen molar-refractivity contribution in [3.63, 3.8) is 0 Å². The summed E-state index contributed by atoms with van der Waals surface area (Å²) in [5.74, 6) is 0.977. The van der Waals surface area contributed by atoms with Gasteiger partial charge in [-0.25, -0.2) is 13.2 Å². The first-order chi connectivity index (χ1) is 10.5. The molecule has 0 spiro atoms. The van der Waals surface area contributed by atoms with Crippen molar-refractivity contribution in [2.45, 2.75) is 6.54 Å². The minimum atomic E-state index is -3.01. The van der Waals surface area contributed by atoms with Crippen LogP contribution in [0.3, 0.4) is 0 Å². The molecule has 1 N–H and O–H groups in total. The van der Waals surface area contributed by atoms with Crippen LogP contribution in [0.1, 0.15) is 5.82 Å². The highest BCUT2D eigenvalue weighted by Gasteiger charge is 2.25. The number of aromatic nitrogens is 2. The van der Waals surface area contributed by atoms with Crippen LogP contribution in [0.4, 0.5) is 4.79 Å². The van der Waals surface area contributed by atoms with Crippen molar-refractivity contribution in [1.29, 1.82) is 0 Å². The third-order valence-electron chi connectivity index (χ3n) is 3.23. The van der Waals surface area contributed by atoms with Gasteiger partial charge in [-0.05, 0) is 12.1 Å². The number of hydrogen-bond donors (Lipinski definition) is 1. The lowest BCUT2D eigenvalue weighted by molar-refractivity contribution is 0.201. The van der Waals surface area contributed by atoms with E-state index in [1.54, 1.807) is 12.1 Å². The van der Waals surface area contributed by atoms with E-state index in [2.05, 4.69) is 15.5 Å². The summed E-state index contributed by atoms with van der Waals surface area (Å²) in [6.07, 6.45) is 1.49. The van der Waals surface area contributed by atoms with Crippen molar-refractivity contribution >= 4 is 15.9 Å². The molecule has 0 saturated carbocycles. The van der Waals surface area contributed by atoms with Crippen molar-refractivity contribution in [3.05, 3.63) is 24.2 Å². The Bertz CT molecular complexity index is 738. The number of carbonyl (C=O) groups is 1. The van der Waals surface area contributed by atoms with Crippen LogP contribution in [0.5, 0.6) is 0 Å². The van der Waals surface area contributed by atoms with E-state index >= 15 is 0 Å². The summed E-state index contributed by atoms with van der Waals surface area (Å²) >= 11 is 0. The number of nitrogens with one attached hydrogen (secondary N) is 1. The average Bonchev–Trinajstić information content (AvgIpc) is 3.15. The highest BCUT2D eigenvalue weighted by Crippen LogP contribution is 2.16. The fraction of sp³-hybridized carbons (Fsp3) is 0.417. The molecule has 2 aromatic heterocycles. The van der Waals surface area contributed by atoms with Crippen molar-refractivity contribution in [2.24, 2.45) is 0 Å².